The quantitative estimate of drug-likeness (QED) is 0.889. The van der Waals surface area contributed by atoms with Gasteiger partial charge in [0.05, 0.1) is 16.6 Å². The summed E-state index contributed by atoms with van der Waals surface area (Å²) in [5, 5.41) is 19.2. The first-order chi connectivity index (χ1) is 8.07. The number of carboxylic acids is 1. The molecule has 2 aromatic rings. The molecule has 0 saturated heterocycles. The van der Waals surface area contributed by atoms with E-state index in [4.69, 9.17) is 16.9 Å². The molecule has 2 rings (SSSR count). The third-order valence-corrected chi connectivity index (χ3v) is 3.02. The lowest BCUT2D eigenvalue weighted by Gasteiger charge is -2.03. The molecule has 0 amide bonds. The van der Waals surface area contributed by atoms with Gasteiger partial charge in [-0.15, -0.1) is 0 Å². The van der Waals surface area contributed by atoms with E-state index in [1.807, 2.05) is 6.07 Å². The molecule has 1 aromatic heterocycles. The molecule has 0 fully saturated rings. The summed E-state index contributed by atoms with van der Waals surface area (Å²) in [6, 6.07) is 7.20. The number of aromatic nitrogens is 1. The van der Waals surface area contributed by atoms with Crippen LogP contribution in [0.5, 0.6) is 0 Å². The van der Waals surface area contributed by atoms with E-state index in [1.54, 1.807) is 25.1 Å². The van der Waals surface area contributed by atoms with Crippen molar-refractivity contribution in [1.29, 1.82) is 5.26 Å². The fourth-order valence-electron chi connectivity index (χ4n) is 2.04. The van der Waals surface area contributed by atoms with Gasteiger partial charge in [0.25, 0.3) is 0 Å². The number of hydrogen-bond acceptors (Lipinski definition) is 2. The number of nitriles is 1. The highest BCUT2D eigenvalue weighted by atomic mass is 35.5. The molecule has 0 spiro atoms. The van der Waals surface area contributed by atoms with Gasteiger partial charge in [-0.05, 0) is 18.6 Å². The number of aromatic carboxylic acids is 1. The Bertz CT molecular complexity index is 653. The normalized spacial score (nSPS) is 10.4. The molecule has 0 radical (unpaired) electrons. The molecule has 1 aromatic carbocycles. The van der Waals surface area contributed by atoms with Crippen LogP contribution >= 0.6 is 11.6 Å². The second-order valence-corrected chi connectivity index (χ2v) is 4.07. The smallest absolute Gasteiger partial charge is 0.352 e. The van der Waals surface area contributed by atoms with Crippen LogP contribution in [0.2, 0.25) is 5.02 Å². The summed E-state index contributed by atoms with van der Waals surface area (Å²) in [5.41, 5.74) is 1.35. The van der Waals surface area contributed by atoms with Crippen LogP contribution in [0.15, 0.2) is 18.2 Å². The van der Waals surface area contributed by atoms with Crippen LogP contribution in [0.1, 0.15) is 16.1 Å². The maximum atomic E-state index is 11.2. The summed E-state index contributed by atoms with van der Waals surface area (Å²) in [6.07, 6.45) is 0. The number of aryl methyl sites for hydroxylation is 1. The zero-order chi connectivity index (χ0) is 12.6. The standard InChI is InChI=1S/C12H9ClN2O2/c1-7-8-3-2-4-9(13)11(8)15(6-5-14)10(7)12(16)17/h2-4H,6H2,1H3,(H,16,17). The van der Waals surface area contributed by atoms with Gasteiger partial charge in [0.2, 0.25) is 0 Å². The monoisotopic (exact) mass is 248 g/mol. The number of rotatable bonds is 2. The van der Waals surface area contributed by atoms with E-state index in [0.717, 1.165) is 5.39 Å². The number of carbonyl (C=O) groups is 1. The summed E-state index contributed by atoms with van der Waals surface area (Å²) in [5.74, 6) is -1.05. The Hall–Kier alpha value is -1.99. The van der Waals surface area contributed by atoms with E-state index in [0.29, 0.717) is 16.1 Å². The molecular formula is C12H9ClN2O2. The number of fused-ring (bicyclic) bond motifs is 1. The van der Waals surface area contributed by atoms with Gasteiger partial charge < -0.3 is 9.67 Å². The van der Waals surface area contributed by atoms with Gasteiger partial charge in [0, 0.05) is 5.39 Å². The lowest BCUT2D eigenvalue weighted by Crippen LogP contribution is -2.09. The zero-order valence-corrected chi connectivity index (χ0v) is 9.82. The first-order valence-corrected chi connectivity index (χ1v) is 5.33. The van der Waals surface area contributed by atoms with E-state index >= 15 is 0 Å². The highest BCUT2D eigenvalue weighted by Gasteiger charge is 2.20. The van der Waals surface area contributed by atoms with E-state index in [2.05, 4.69) is 0 Å². The Balaban J connectivity index is 2.95. The molecule has 1 heterocycles. The molecule has 0 bridgehead atoms. The molecule has 0 saturated carbocycles. The largest absolute Gasteiger partial charge is 0.477 e. The molecule has 0 aliphatic carbocycles. The van der Waals surface area contributed by atoms with E-state index < -0.39 is 5.97 Å². The fraction of sp³-hybridized carbons (Fsp3) is 0.167. The zero-order valence-electron chi connectivity index (χ0n) is 9.07. The van der Waals surface area contributed by atoms with Gasteiger partial charge in [-0.1, -0.05) is 23.7 Å². The summed E-state index contributed by atoms with van der Waals surface area (Å²) in [6.45, 7) is 1.69. The van der Waals surface area contributed by atoms with Crippen molar-refractivity contribution in [2.24, 2.45) is 0 Å². The molecular weight excluding hydrogens is 240 g/mol. The molecule has 86 valence electrons. The summed E-state index contributed by atoms with van der Waals surface area (Å²) in [4.78, 5) is 11.2. The number of nitrogens with zero attached hydrogens (tertiary/aromatic N) is 2. The number of para-hydroxylation sites is 1. The van der Waals surface area contributed by atoms with Crippen molar-refractivity contribution < 1.29 is 9.90 Å². The minimum atomic E-state index is -1.05. The SMILES string of the molecule is Cc1c(C(=O)O)n(CC#N)c2c(Cl)cccc12. The third-order valence-electron chi connectivity index (χ3n) is 2.72. The third kappa shape index (κ3) is 1.65. The lowest BCUT2D eigenvalue weighted by atomic mass is 10.1. The minimum Gasteiger partial charge on any atom is -0.477 e. The Kier molecular flexibility index (Phi) is 2.78. The fourth-order valence-corrected chi connectivity index (χ4v) is 2.32. The van der Waals surface area contributed by atoms with Crippen molar-refractivity contribution in [2.75, 3.05) is 0 Å². The minimum absolute atomic E-state index is 0.0320. The molecule has 4 nitrogen and oxygen atoms in total. The lowest BCUT2D eigenvalue weighted by molar-refractivity contribution is 0.0685. The number of carboxylic acid groups (broad SMARTS) is 1. The topological polar surface area (TPSA) is 66.0 Å². The first-order valence-electron chi connectivity index (χ1n) is 4.95. The van der Waals surface area contributed by atoms with E-state index in [1.165, 1.54) is 4.57 Å². The van der Waals surface area contributed by atoms with Crippen molar-refractivity contribution in [1.82, 2.24) is 4.57 Å². The average molecular weight is 249 g/mol. The van der Waals surface area contributed by atoms with Crippen LogP contribution in [-0.2, 0) is 6.54 Å². The van der Waals surface area contributed by atoms with Crippen LogP contribution in [0.3, 0.4) is 0 Å². The van der Waals surface area contributed by atoms with Crippen LogP contribution < -0.4 is 0 Å². The predicted octanol–water partition coefficient (Wildman–Crippen LogP) is 2.82. The molecule has 0 aliphatic heterocycles. The number of hydrogen-bond donors (Lipinski definition) is 1. The highest BCUT2D eigenvalue weighted by Crippen LogP contribution is 2.30. The maximum absolute atomic E-state index is 11.2. The van der Waals surface area contributed by atoms with Gasteiger partial charge in [-0.2, -0.15) is 5.26 Å². The van der Waals surface area contributed by atoms with Crippen LogP contribution in [0.4, 0.5) is 0 Å². The first kappa shape index (κ1) is 11.5. The second kappa shape index (κ2) is 4.11. The Morgan fingerprint density at radius 3 is 2.88 bits per heavy atom. The number of halogens is 1. The van der Waals surface area contributed by atoms with E-state index in [9.17, 15) is 9.90 Å². The van der Waals surface area contributed by atoms with Gasteiger partial charge >= 0.3 is 5.97 Å². The summed E-state index contributed by atoms with van der Waals surface area (Å²) >= 11 is 6.06. The highest BCUT2D eigenvalue weighted by molar-refractivity contribution is 6.35. The molecule has 17 heavy (non-hydrogen) atoms. The van der Waals surface area contributed by atoms with Crippen LogP contribution in [0, 0.1) is 18.3 Å². The summed E-state index contributed by atoms with van der Waals surface area (Å²) in [7, 11) is 0. The van der Waals surface area contributed by atoms with Crippen LogP contribution in [-0.4, -0.2) is 15.6 Å². The van der Waals surface area contributed by atoms with Crippen molar-refractivity contribution in [3.63, 3.8) is 0 Å². The maximum Gasteiger partial charge on any atom is 0.352 e. The Morgan fingerprint density at radius 1 is 1.59 bits per heavy atom. The molecule has 0 atom stereocenters. The number of benzene rings is 1. The predicted molar refractivity (Wildman–Crippen MR) is 64.3 cm³/mol. The Labute approximate surface area is 103 Å². The van der Waals surface area contributed by atoms with Gasteiger partial charge in [-0.3, -0.25) is 0 Å². The Morgan fingerprint density at radius 2 is 2.29 bits per heavy atom. The second-order valence-electron chi connectivity index (χ2n) is 3.66. The van der Waals surface area contributed by atoms with Gasteiger partial charge in [0.15, 0.2) is 0 Å². The van der Waals surface area contributed by atoms with Gasteiger partial charge in [-0.25, -0.2) is 4.79 Å². The van der Waals surface area contributed by atoms with Crippen molar-refractivity contribution in [3.8, 4) is 6.07 Å². The van der Waals surface area contributed by atoms with Crippen molar-refractivity contribution >= 4 is 28.5 Å². The molecule has 5 heteroatoms. The average Bonchev–Trinajstić information content (AvgIpc) is 2.54. The van der Waals surface area contributed by atoms with Crippen molar-refractivity contribution in [3.05, 3.63) is 34.5 Å². The molecule has 1 N–H and O–H groups in total. The van der Waals surface area contributed by atoms with E-state index in [-0.39, 0.29) is 12.2 Å². The van der Waals surface area contributed by atoms with Crippen molar-refractivity contribution in [2.45, 2.75) is 13.5 Å². The summed E-state index contributed by atoms with van der Waals surface area (Å²) < 4.78 is 1.44. The van der Waals surface area contributed by atoms with Gasteiger partial charge in [0.1, 0.15) is 12.2 Å². The molecule has 0 aliphatic rings. The van der Waals surface area contributed by atoms with Crippen LogP contribution in [0.25, 0.3) is 10.9 Å². The molecule has 0 unspecified atom stereocenters.